The number of nitrogens with zero attached hydrogens (tertiary/aromatic N) is 9. The molecule has 0 atom stereocenters. The van der Waals surface area contributed by atoms with E-state index >= 15 is 0 Å². The Morgan fingerprint density at radius 3 is 1.07 bits per heavy atom. The zero-order valence-electron chi connectivity index (χ0n) is 61.6. The molecular formula is C79H83BrCl6CuN13O10S. The van der Waals surface area contributed by atoms with Crippen LogP contribution in [-0.4, -0.2) is 123 Å². The van der Waals surface area contributed by atoms with Gasteiger partial charge in [-0.15, -0.1) is 0 Å². The van der Waals surface area contributed by atoms with Gasteiger partial charge in [-0.1, -0.05) is 154 Å². The van der Waals surface area contributed by atoms with Gasteiger partial charge in [0, 0.05) is 105 Å². The van der Waals surface area contributed by atoms with Gasteiger partial charge >= 0.3 is 39.5 Å². The second-order valence-electron chi connectivity index (χ2n) is 28.6. The molecule has 9 aromatic rings. The fraction of sp³-hybridized carbons (Fsp3) is 0.354. The van der Waals surface area contributed by atoms with Gasteiger partial charge in [0.25, 0.3) is 17.7 Å². The monoisotopic (exact) mass is 1760 g/mol. The van der Waals surface area contributed by atoms with Crippen molar-refractivity contribution in [3.05, 3.63) is 225 Å². The van der Waals surface area contributed by atoms with Crippen LogP contribution < -0.4 is 20.7 Å². The summed E-state index contributed by atoms with van der Waals surface area (Å²) in [5, 5.41) is 20.4. The minimum atomic E-state index is -4.00. The van der Waals surface area contributed by atoms with Gasteiger partial charge in [0.1, 0.15) is 28.3 Å². The topological polar surface area (TPSA) is 260 Å². The van der Waals surface area contributed by atoms with E-state index in [1.165, 1.54) is 4.31 Å². The van der Waals surface area contributed by atoms with Gasteiger partial charge in [0.05, 0.1) is 59.9 Å². The van der Waals surface area contributed by atoms with Crippen LogP contribution in [0.4, 0.5) is 21.0 Å². The molecule has 111 heavy (non-hydrogen) atoms. The van der Waals surface area contributed by atoms with E-state index < -0.39 is 43.9 Å². The number of aromatic nitrogens is 3. The Labute approximate surface area is 695 Å². The van der Waals surface area contributed by atoms with Crippen LogP contribution in [0.3, 0.4) is 0 Å². The van der Waals surface area contributed by atoms with E-state index in [1.807, 2.05) is 112 Å². The summed E-state index contributed by atoms with van der Waals surface area (Å²) in [5.74, 6) is -1.56. The van der Waals surface area contributed by atoms with Crippen molar-refractivity contribution in [1.29, 1.82) is 5.26 Å². The fourth-order valence-electron chi connectivity index (χ4n) is 13.7. The summed E-state index contributed by atoms with van der Waals surface area (Å²) >= 11 is 41.3. The number of ether oxygens (including phenoxy) is 2. The standard InChI is InChI=1S/C27H28Cl2N4O3.C26H28BrCl2N3O3.C24H23Cl2N5O4S.CN.CH4.Cu/c1-26(2,3)36-25(35)33-13-11-27(12-14-33,17-7-6-8-18(15-17)30-4)31-24(34)22-16-19-21(32(22)5)10-9-20(28)23(19)29;1-25(2,3)35-24(34)32-12-10-26(11-13-32,16-6-5-7-17(27)14-16)30-23(33)21-15-18-20(31(21)4)9-8-19(28)22(18)29;1-15(32)29-36(34,35)31-11-9-24(10-12-31,16-5-4-6-17(13-16)27-2)28-23(33)21-14-18-20(30(21)3)8-7-19(25)22(18)26;1-2;;/h6-10,15-16H,11-14H2,1-3,5H3,(H,31,34);5-9,14-15H,10-13H2,1-4H3,(H,30,33);4-8,13-14H,9-12H2,1,3H3,(H,28,33)(H,29,32);;1H4;/q;;;-1;;+1. The van der Waals surface area contributed by atoms with Crippen molar-refractivity contribution >= 4 is 176 Å². The first-order valence-corrected chi connectivity index (χ1v) is 38.8. The molecule has 0 unspecified atom stereocenters. The fourth-order valence-corrected chi connectivity index (χ4v) is 16.4. The molecule has 3 aliphatic heterocycles. The zero-order valence-corrected chi connectivity index (χ0v) is 69.5. The molecule has 6 amide bonds. The molecule has 590 valence electrons. The maximum absolute atomic E-state index is 13.7. The summed E-state index contributed by atoms with van der Waals surface area (Å²) in [6.07, 6.45) is 1.77. The first-order valence-electron chi connectivity index (χ1n) is 34.3. The van der Waals surface area contributed by atoms with Crippen molar-refractivity contribution in [2.24, 2.45) is 21.1 Å². The minimum absolute atomic E-state index is 0. The number of hydrogen-bond acceptors (Lipinski definition) is 11. The maximum atomic E-state index is 13.7. The normalized spacial score (nSPS) is 15.1. The number of benzene rings is 6. The molecule has 32 heteroatoms. The Bertz CT molecular complexity index is 5270. The van der Waals surface area contributed by atoms with Gasteiger partial charge in [-0.05, 0) is 163 Å². The van der Waals surface area contributed by atoms with Crippen LogP contribution in [0.5, 0.6) is 0 Å². The average Bonchev–Trinajstić information content (AvgIpc) is 1.72. The molecule has 0 saturated carbocycles. The number of halogens is 7. The summed E-state index contributed by atoms with van der Waals surface area (Å²) in [5.41, 5.74) is 3.46. The van der Waals surface area contributed by atoms with E-state index in [4.69, 9.17) is 104 Å². The number of amides is 6. The average molecular weight is 1760 g/mol. The Kier molecular flexibility index (Phi) is 29.5. The molecular weight excluding hydrogens is 1680 g/mol. The Morgan fingerprint density at radius 2 is 0.784 bits per heavy atom. The van der Waals surface area contributed by atoms with Crippen molar-refractivity contribution in [2.75, 3.05) is 39.3 Å². The third-order valence-corrected chi connectivity index (χ3v) is 23.8. The molecule has 3 aromatic heterocycles. The molecule has 6 heterocycles. The molecule has 6 aromatic carbocycles. The van der Waals surface area contributed by atoms with Crippen LogP contribution in [-0.2, 0) is 79.3 Å². The zero-order chi connectivity index (χ0) is 80.0. The molecule has 0 spiro atoms. The molecule has 3 saturated heterocycles. The Morgan fingerprint density at radius 1 is 0.486 bits per heavy atom. The van der Waals surface area contributed by atoms with E-state index in [9.17, 15) is 37.2 Å². The van der Waals surface area contributed by atoms with Crippen molar-refractivity contribution < 1.29 is 63.7 Å². The van der Waals surface area contributed by atoms with Crippen LogP contribution >= 0.6 is 85.5 Å². The van der Waals surface area contributed by atoms with Crippen LogP contribution in [0.15, 0.2) is 132 Å². The second-order valence-corrected chi connectivity index (χ2v) is 33.5. The summed E-state index contributed by atoms with van der Waals surface area (Å²) < 4.78 is 45.6. The number of aryl methyl sites for hydroxylation is 3. The summed E-state index contributed by atoms with van der Waals surface area (Å²) in [6, 6.07) is 37.8. The number of nitrogens with one attached hydrogen (secondary N) is 4. The van der Waals surface area contributed by atoms with Gasteiger partial charge in [-0.3, -0.25) is 19.2 Å². The predicted molar refractivity (Wildman–Crippen MR) is 435 cm³/mol. The molecule has 4 N–H and O–H groups in total. The summed E-state index contributed by atoms with van der Waals surface area (Å²) in [4.78, 5) is 88.0. The number of carbonyl (C=O) groups excluding carboxylic acids is 6. The third kappa shape index (κ3) is 20.3. The van der Waals surface area contributed by atoms with Gasteiger partial charge < -0.3 is 60.8 Å². The molecule has 0 radical (unpaired) electrons. The summed E-state index contributed by atoms with van der Waals surface area (Å²) in [7, 11) is 1.38. The number of hydrogen-bond donors (Lipinski definition) is 4. The minimum Gasteiger partial charge on any atom is -0.512 e. The Balaban J connectivity index is 0.000000227. The van der Waals surface area contributed by atoms with E-state index in [0.717, 1.165) is 44.5 Å². The van der Waals surface area contributed by atoms with Crippen LogP contribution in [0.2, 0.25) is 30.1 Å². The largest absolute Gasteiger partial charge is 1.00 e. The summed E-state index contributed by atoms with van der Waals surface area (Å²) in [6.45, 7) is 33.6. The van der Waals surface area contributed by atoms with Crippen LogP contribution in [0, 0.1) is 25.0 Å². The molecule has 3 aliphatic rings. The Hall–Kier alpha value is -8.52. The number of rotatable bonds is 11. The number of likely N-dealkylation sites (tertiary alicyclic amines) is 2. The van der Waals surface area contributed by atoms with Crippen LogP contribution in [0.1, 0.15) is 143 Å². The van der Waals surface area contributed by atoms with Crippen molar-refractivity contribution in [2.45, 2.75) is 122 Å². The SMILES string of the molecule is C.Cn1c(C(=O)NC2(c3cccc(Br)c3)CCN(C(=O)OC(C)(C)C)CC2)cc2c(Cl)c(Cl)ccc21.[C-]#N.[C-]#[N+]c1cccc(C2(NC(=O)c3cc4c(Cl)c(Cl)ccc4n3C)CCN(C(=O)OC(C)(C)C)CC2)c1.[C-]#[N+]c1cccc(C2(NC(=O)c3cc4c(Cl)c(Cl)ccc4n3C)CCN(S(=O)(=O)NC(C)=O)CC2)c1.[Cu+]. The second kappa shape index (κ2) is 36.5. The van der Waals surface area contributed by atoms with Crippen LogP contribution in [0.25, 0.3) is 42.4 Å². The van der Waals surface area contributed by atoms with Crippen molar-refractivity contribution in [3.8, 4) is 0 Å². The first-order chi connectivity index (χ1) is 51.3. The van der Waals surface area contributed by atoms with Gasteiger partial charge in [0.15, 0.2) is 11.4 Å². The molecule has 23 nitrogen and oxygen atoms in total. The van der Waals surface area contributed by atoms with Crippen molar-refractivity contribution in [3.63, 3.8) is 0 Å². The third-order valence-electron chi connectivity index (χ3n) is 19.3. The number of piperidine rings is 3. The van der Waals surface area contributed by atoms with Gasteiger partial charge in [0.2, 0.25) is 5.91 Å². The quantitative estimate of drug-likeness (QED) is 0.0699. The molecule has 0 aliphatic carbocycles. The molecule has 12 rings (SSSR count). The smallest absolute Gasteiger partial charge is 0.512 e. The van der Waals surface area contributed by atoms with E-state index in [0.29, 0.717) is 127 Å². The molecule has 0 bridgehead atoms. The number of carbonyl (C=O) groups is 6. The van der Waals surface area contributed by atoms with Crippen molar-refractivity contribution in [1.82, 2.24) is 48.5 Å². The van der Waals surface area contributed by atoms with E-state index in [1.54, 1.807) is 106 Å². The first kappa shape index (κ1) is 89.7. The number of fused-ring (bicyclic) bond motifs is 3. The van der Waals surface area contributed by atoms with Gasteiger partial charge in [-0.25, -0.2) is 24.0 Å². The van der Waals surface area contributed by atoms with E-state index in [2.05, 4.69) is 41.6 Å². The maximum Gasteiger partial charge on any atom is 1.00 e. The molecule has 3 fully saturated rings. The van der Waals surface area contributed by atoms with Gasteiger partial charge in [-0.2, -0.15) is 12.7 Å². The predicted octanol–water partition coefficient (Wildman–Crippen LogP) is 18.5. The van der Waals surface area contributed by atoms with E-state index in [-0.39, 0.29) is 80.3 Å².